The molecule has 5 nitrogen and oxygen atoms in total. The predicted molar refractivity (Wildman–Crippen MR) is 80.8 cm³/mol. The van der Waals surface area contributed by atoms with Crippen LogP contribution in [0.2, 0.25) is 0 Å². The molecule has 0 atom stereocenters. The average molecular weight is 304 g/mol. The fraction of sp³-hybridized carbons (Fsp3) is 0.267. The van der Waals surface area contributed by atoms with Crippen molar-refractivity contribution in [2.75, 3.05) is 0 Å². The Morgan fingerprint density at radius 3 is 2.48 bits per heavy atom. The van der Waals surface area contributed by atoms with Crippen LogP contribution in [0.3, 0.4) is 0 Å². The van der Waals surface area contributed by atoms with Gasteiger partial charge in [0, 0.05) is 10.9 Å². The second-order valence-electron chi connectivity index (χ2n) is 4.89. The molecule has 2 aromatic rings. The molecule has 110 valence electrons. The molecule has 0 aliphatic carbocycles. The van der Waals surface area contributed by atoms with Crippen LogP contribution >= 0.6 is 11.3 Å². The van der Waals surface area contributed by atoms with Crippen LogP contribution in [0.5, 0.6) is 0 Å². The van der Waals surface area contributed by atoms with Gasteiger partial charge < -0.3 is 10.4 Å². The molecule has 0 radical (unpaired) electrons. The minimum absolute atomic E-state index is 0.00513. The van der Waals surface area contributed by atoms with E-state index in [0.717, 1.165) is 0 Å². The summed E-state index contributed by atoms with van der Waals surface area (Å²) in [5.74, 6) is -0.836. The Balaban J connectivity index is 1.96. The lowest BCUT2D eigenvalue weighted by atomic mass is 10.0. The molecule has 1 aromatic carbocycles. The van der Waals surface area contributed by atoms with E-state index >= 15 is 0 Å². The lowest BCUT2D eigenvalue weighted by Crippen LogP contribution is -2.22. The summed E-state index contributed by atoms with van der Waals surface area (Å²) in [5, 5.41) is 13.5. The highest BCUT2D eigenvalue weighted by atomic mass is 32.1. The fourth-order valence-corrected chi connectivity index (χ4v) is 2.48. The van der Waals surface area contributed by atoms with Gasteiger partial charge in [0.05, 0.1) is 6.54 Å². The van der Waals surface area contributed by atoms with Crippen molar-refractivity contribution in [3.8, 4) is 0 Å². The van der Waals surface area contributed by atoms with E-state index in [9.17, 15) is 9.59 Å². The number of hydrogen-bond donors (Lipinski definition) is 2. The third-order valence-corrected chi connectivity index (χ3v) is 3.86. The molecule has 0 unspecified atom stereocenters. The fourth-order valence-electron chi connectivity index (χ4n) is 1.77. The van der Waals surface area contributed by atoms with Gasteiger partial charge in [-0.2, -0.15) is 0 Å². The minimum atomic E-state index is -1.06. The Bertz CT molecular complexity index is 647. The monoisotopic (exact) mass is 304 g/mol. The number of carbonyl (C=O) groups excluding carboxylic acids is 1. The highest BCUT2D eigenvalue weighted by Gasteiger charge is 2.10. The number of aromatic nitrogens is 1. The average Bonchev–Trinajstić information content (AvgIpc) is 2.94. The van der Waals surface area contributed by atoms with Crippen LogP contribution in [-0.2, 0) is 6.54 Å². The zero-order valence-electron chi connectivity index (χ0n) is 11.8. The van der Waals surface area contributed by atoms with Crippen molar-refractivity contribution in [2.24, 2.45) is 0 Å². The number of benzene rings is 1. The van der Waals surface area contributed by atoms with Gasteiger partial charge in [-0.1, -0.05) is 26.0 Å². The van der Waals surface area contributed by atoms with E-state index in [2.05, 4.69) is 24.1 Å². The van der Waals surface area contributed by atoms with Gasteiger partial charge in [-0.25, -0.2) is 9.78 Å². The SMILES string of the molecule is CC(C)c1ccc(C(=O)NCc2nc(C(=O)O)cs2)cc1. The molecule has 1 heterocycles. The van der Waals surface area contributed by atoms with Gasteiger partial charge in [0.25, 0.3) is 5.91 Å². The lowest BCUT2D eigenvalue weighted by molar-refractivity contribution is 0.0691. The zero-order valence-corrected chi connectivity index (χ0v) is 12.6. The van der Waals surface area contributed by atoms with E-state index < -0.39 is 5.97 Å². The molecule has 0 saturated carbocycles. The van der Waals surface area contributed by atoms with E-state index in [4.69, 9.17) is 5.11 Å². The van der Waals surface area contributed by atoms with Crippen LogP contribution in [0.4, 0.5) is 0 Å². The van der Waals surface area contributed by atoms with E-state index in [1.807, 2.05) is 12.1 Å². The van der Waals surface area contributed by atoms with Gasteiger partial charge in [0.2, 0.25) is 0 Å². The maximum absolute atomic E-state index is 12.0. The summed E-state index contributed by atoms with van der Waals surface area (Å²) in [6.07, 6.45) is 0. The molecule has 0 saturated heterocycles. The molecule has 1 amide bonds. The molecular weight excluding hydrogens is 288 g/mol. The van der Waals surface area contributed by atoms with Crippen LogP contribution in [0.1, 0.15) is 51.2 Å². The van der Waals surface area contributed by atoms with Gasteiger partial charge in [0.15, 0.2) is 5.69 Å². The Morgan fingerprint density at radius 1 is 1.29 bits per heavy atom. The van der Waals surface area contributed by atoms with Crippen molar-refractivity contribution < 1.29 is 14.7 Å². The summed E-state index contributed by atoms with van der Waals surface area (Å²) in [4.78, 5) is 26.6. The smallest absolute Gasteiger partial charge is 0.355 e. The van der Waals surface area contributed by atoms with Crippen LogP contribution < -0.4 is 5.32 Å². The Hall–Kier alpha value is -2.21. The third kappa shape index (κ3) is 3.88. The van der Waals surface area contributed by atoms with Crippen LogP contribution in [0, 0.1) is 0 Å². The van der Waals surface area contributed by atoms with Crippen molar-refractivity contribution >= 4 is 23.2 Å². The van der Waals surface area contributed by atoms with E-state index in [1.165, 1.54) is 22.3 Å². The van der Waals surface area contributed by atoms with Crippen molar-refractivity contribution in [3.63, 3.8) is 0 Å². The summed E-state index contributed by atoms with van der Waals surface area (Å²) >= 11 is 1.21. The lowest BCUT2D eigenvalue weighted by Gasteiger charge is -2.07. The number of thiazole rings is 1. The molecule has 2 N–H and O–H groups in total. The van der Waals surface area contributed by atoms with Crippen LogP contribution in [-0.4, -0.2) is 22.0 Å². The van der Waals surface area contributed by atoms with Gasteiger partial charge in [-0.3, -0.25) is 4.79 Å². The van der Waals surface area contributed by atoms with Crippen LogP contribution in [0.15, 0.2) is 29.6 Å². The first-order chi connectivity index (χ1) is 9.97. The second kappa shape index (κ2) is 6.49. The predicted octanol–water partition coefficient (Wildman–Crippen LogP) is 2.89. The number of nitrogens with one attached hydrogen (secondary N) is 1. The number of carbonyl (C=O) groups is 2. The van der Waals surface area contributed by atoms with Gasteiger partial charge in [0.1, 0.15) is 5.01 Å². The Kier molecular flexibility index (Phi) is 4.70. The van der Waals surface area contributed by atoms with Crippen molar-refractivity contribution in [1.29, 1.82) is 0 Å². The molecule has 0 aliphatic rings. The first kappa shape index (κ1) is 15.2. The van der Waals surface area contributed by atoms with Gasteiger partial charge in [-0.15, -0.1) is 11.3 Å². The molecular formula is C15H16N2O3S. The molecule has 21 heavy (non-hydrogen) atoms. The van der Waals surface area contributed by atoms with Crippen molar-refractivity contribution in [3.05, 3.63) is 51.5 Å². The van der Waals surface area contributed by atoms with Gasteiger partial charge in [-0.05, 0) is 23.6 Å². The highest BCUT2D eigenvalue weighted by Crippen LogP contribution is 2.15. The molecule has 2 rings (SSSR count). The topological polar surface area (TPSA) is 79.3 Å². The zero-order chi connectivity index (χ0) is 15.4. The van der Waals surface area contributed by atoms with Gasteiger partial charge >= 0.3 is 5.97 Å². The first-order valence-corrected chi connectivity index (χ1v) is 7.41. The second-order valence-corrected chi connectivity index (χ2v) is 5.83. The summed E-state index contributed by atoms with van der Waals surface area (Å²) in [6, 6.07) is 7.45. The molecule has 0 bridgehead atoms. The molecule has 1 aromatic heterocycles. The molecule has 6 heteroatoms. The highest BCUT2D eigenvalue weighted by molar-refractivity contribution is 7.09. The number of carboxylic acid groups (broad SMARTS) is 1. The number of amides is 1. The first-order valence-electron chi connectivity index (χ1n) is 6.53. The van der Waals surface area contributed by atoms with E-state index in [0.29, 0.717) is 16.5 Å². The number of rotatable bonds is 5. The molecule has 0 fully saturated rings. The van der Waals surface area contributed by atoms with E-state index in [1.54, 1.807) is 12.1 Å². The number of nitrogens with zero attached hydrogens (tertiary/aromatic N) is 1. The van der Waals surface area contributed by atoms with Crippen molar-refractivity contribution in [2.45, 2.75) is 26.3 Å². The van der Waals surface area contributed by atoms with E-state index in [-0.39, 0.29) is 18.1 Å². The van der Waals surface area contributed by atoms with Crippen LogP contribution in [0.25, 0.3) is 0 Å². The Labute approximate surface area is 126 Å². The number of carboxylic acids is 1. The number of hydrogen-bond acceptors (Lipinski definition) is 4. The molecule has 0 aliphatic heterocycles. The third-order valence-electron chi connectivity index (χ3n) is 3.01. The standard InChI is InChI=1S/C15H16N2O3S/c1-9(2)10-3-5-11(6-4-10)14(18)16-7-13-17-12(8-21-13)15(19)20/h3-6,8-9H,7H2,1-2H3,(H,16,18)(H,19,20). The maximum Gasteiger partial charge on any atom is 0.355 e. The summed E-state index contributed by atoms with van der Waals surface area (Å²) in [6.45, 7) is 4.41. The molecule has 0 spiro atoms. The summed E-state index contributed by atoms with van der Waals surface area (Å²) < 4.78 is 0. The number of aromatic carboxylic acids is 1. The minimum Gasteiger partial charge on any atom is -0.476 e. The maximum atomic E-state index is 12.0. The largest absolute Gasteiger partial charge is 0.476 e. The normalized spacial score (nSPS) is 10.6. The summed E-state index contributed by atoms with van der Waals surface area (Å²) in [7, 11) is 0. The summed E-state index contributed by atoms with van der Waals surface area (Å²) in [5.41, 5.74) is 1.76. The quantitative estimate of drug-likeness (QED) is 0.890. The van der Waals surface area contributed by atoms with Crippen molar-refractivity contribution in [1.82, 2.24) is 10.3 Å². The Morgan fingerprint density at radius 2 is 1.95 bits per heavy atom.